The van der Waals surface area contributed by atoms with E-state index in [-0.39, 0.29) is 13.0 Å². The average Bonchev–Trinajstić information content (AvgIpc) is 3.19. The Morgan fingerprint density at radius 1 is 0.667 bits per heavy atom. The second kappa shape index (κ2) is 30.8. The van der Waals surface area contributed by atoms with Gasteiger partial charge in [-0.15, -0.1) is 0 Å². The number of aliphatic hydroxyl groups is 5. The van der Waals surface area contributed by atoms with Crippen molar-refractivity contribution in [3.8, 4) is 0 Å². The largest absolute Gasteiger partial charge is 0.450 e. The van der Waals surface area contributed by atoms with E-state index >= 15 is 0 Å². The lowest BCUT2D eigenvalue weighted by Crippen LogP contribution is -2.55. The number of amides is 1. The normalized spacial score (nSPS) is 21.8. The Morgan fingerprint density at radius 3 is 1.58 bits per heavy atom. The first-order valence-electron chi connectivity index (χ1n) is 20.4. The van der Waals surface area contributed by atoms with E-state index in [1.165, 1.54) is 122 Å². The van der Waals surface area contributed by atoms with Crippen LogP contribution in [0.2, 0.25) is 0 Å². The molecule has 0 bridgehead atoms. The molecule has 9 heteroatoms. The van der Waals surface area contributed by atoms with Gasteiger partial charge in [0.1, 0.15) is 6.10 Å². The topological polar surface area (TPSA) is 152 Å². The second-order valence-corrected chi connectivity index (χ2v) is 14.7. The van der Waals surface area contributed by atoms with Gasteiger partial charge in [-0.05, 0) is 32.1 Å². The molecule has 1 aliphatic carbocycles. The first kappa shape index (κ1) is 45.1. The van der Waals surface area contributed by atoms with Crippen LogP contribution in [0.15, 0.2) is 0 Å². The minimum absolute atomic E-state index is 0.0944. The van der Waals surface area contributed by atoms with Crippen molar-refractivity contribution in [1.82, 2.24) is 10.6 Å². The van der Waals surface area contributed by atoms with Gasteiger partial charge < -0.3 is 40.9 Å². The van der Waals surface area contributed by atoms with Gasteiger partial charge in [-0.3, -0.25) is 0 Å². The summed E-state index contributed by atoms with van der Waals surface area (Å²) in [5.74, 6) is 0. The number of aliphatic hydroxyl groups excluding tert-OH is 5. The number of carbonyl (C=O) groups is 1. The first-order valence-corrected chi connectivity index (χ1v) is 20.4. The van der Waals surface area contributed by atoms with E-state index in [2.05, 4.69) is 17.6 Å². The smallest absolute Gasteiger partial charge is 0.407 e. The van der Waals surface area contributed by atoms with Gasteiger partial charge in [0, 0.05) is 19.0 Å². The van der Waals surface area contributed by atoms with Crippen molar-refractivity contribution in [2.24, 2.45) is 0 Å². The molecule has 1 fully saturated rings. The Morgan fingerprint density at radius 2 is 1.12 bits per heavy atom. The third-order valence-electron chi connectivity index (χ3n) is 10.3. The number of alkyl carbamates (subject to hydrolysis) is 1. The van der Waals surface area contributed by atoms with E-state index in [4.69, 9.17) is 4.74 Å². The van der Waals surface area contributed by atoms with E-state index in [1.54, 1.807) is 0 Å². The van der Waals surface area contributed by atoms with E-state index < -0.39 is 48.7 Å². The van der Waals surface area contributed by atoms with Crippen molar-refractivity contribution in [2.75, 3.05) is 13.2 Å². The summed E-state index contributed by atoms with van der Waals surface area (Å²) in [6.07, 6.45) is 25.6. The van der Waals surface area contributed by atoms with Gasteiger partial charge in [0.05, 0.1) is 37.1 Å². The highest BCUT2D eigenvalue weighted by atomic mass is 16.5. The fraction of sp³-hybridized carbons (Fsp3) is 0.974. The molecule has 0 aromatic rings. The first-order chi connectivity index (χ1) is 23.3. The number of rotatable bonds is 31. The molecule has 1 rings (SSSR count). The van der Waals surface area contributed by atoms with E-state index in [0.717, 1.165) is 19.3 Å². The molecule has 1 amide bonds. The summed E-state index contributed by atoms with van der Waals surface area (Å²) >= 11 is 0. The van der Waals surface area contributed by atoms with Crippen molar-refractivity contribution in [3.05, 3.63) is 0 Å². The number of nitrogens with one attached hydrogen (secondary N) is 2. The fourth-order valence-electron chi connectivity index (χ4n) is 6.82. The molecule has 7 atom stereocenters. The molecule has 1 saturated carbocycles. The van der Waals surface area contributed by atoms with Crippen molar-refractivity contribution >= 4 is 6.09 Å². The van der Waals surface area contributed by atoms with Crippen LogP contribution in [0, 0.1) is 0 Å². The van der Waals surface area contributed by atoms with E-state index in [1.807, 2.05) is 6.92 Å². The van der Waals surface area contributed by atoms with Crippen LogP contribution in [0.25, 0.3) is 0 Å². The quantitative estimate of drug-likeness (QED) is 0.0294. The molecule has 0 radical (unpaired) electrons. The molecule has 286 valence electrons. The average molecular weight is 687 g/mol. The Hall–Kier alpha value is -0.970. The summed E-state index contributed by atoms with van der Waals surface area (Å²) in [5, 5.41) is 57.2. The SMILES string of the molecule is CCCCCCCCCCCCCCCCCCCCCCCCOC(=O)NC(CNC1CCCC(O)C(O)C1O)C(O)CC(O)CC. The number of hydrogen-bond donors (Lipinski definition) is 7. The van der Waals surface area contributed by atoms with Gasteiger partial charge in [0.25, 0.3) is 0 Å². The molecule has 9 nitrogen and oxygen atoms in total. The summed E-state index contributed by atoms with van der Waals surface area (Å²) in [6, 6.07) is -1.24. The lowest BCUT2D eigenvalue weighted by molar-refractivity contribution is -0.0651. The highest BCUT2D eigenvalue weighted by Gasteiger charge is 2.35. The molecule has 0 spiro atoms. The highest BCUT2D eigenvalue weighted by Crippen LogP contribution is 2.20. The van der Waals surface area contributed by atoms with Gasteiger partial charge in [0.2, 0.25) is 0 Å². The molecule has 48 heavy (non-hydrogen) atoms. The molecule has 0 aromatic carbocycles. The standard InChI is InChI=1S/C39H78N2O7/c1-3-5-6-7-8-9-10-11-12-13-14-15-16-17-18-19-20-21-22-23-24-25-29-48-39(47)41-34(36(44)30-32(42)4-2)31-40-33-27-26-28-35(43)38(46)37(33)45/h32-38,40,42-46H,3-31H2,1-2H3,(H,41,47). The zero-order chi connectivity index (χ0) is 35.2. The molecular weight excluding hydrogens is 608 g/mol. The van der Waals surface area contributed by atoms with Gasteiger partial charge in [0.15, 0.2) is 0 Å². The Labute approximate surface area is 294 Å². The number of hydrogen-bond acceptors (Lipinski definition) is 8. The van der Waals surface area contributed by atoms with Gasteiger partial charge in [-0.2, -0.15) is 0 Å². The molecule has 7 unspecified atom stereocenters. The summed E-state index contributed by atoms with van der Waals surface area (Å²) in [4.78, 5) is 12.5. The lowest BCUT2D eigenvalue weighted by atomic mass is 10.00. The second-order valence-electron chi connectivity index (χ2n) is 14.7. The summed E-state index contributed by atoms with van der Waals surface area (Å²) in [7, 11) is 0. The molecule has 1 aliphatic rings. The zero-order valence-corrected chi connectivity index (χ0v) is 31.1. The monoisotopic (exact) mass is 687 g/mol. The van der Waals surface area contributed by atoms with Crippen LogP contribution in [-0.2, 0) is 4.74 Å². The van der Waals surface area contributed by atoms with Crippen molar-refractivity contribution in [1.29, 1.82) is 0 Å². The van der Waals surface area contributed by atoms with Crippen LogP contribution in [-0.4, -0.2) is 87.4 Å². The third kappa shape index (κ3) is 23.4. The van der Waals surface area contributed by atoms with Gasteiger partial charge in [-0.25, -0.2) is 4.79 Å². The molecule has 0 aromatic heterocycles. The van der Waals surface area contributed by atoms with Crippen LogP contribution in [0.4, 0.5) is 4.79 Å². The predicted molar refractivity (Wildman–Crippen MR) is 196 cm³/mol. The van der Waals surface area contributed by atoms with Crippen molar-refractivity contribution in [3.63, 3.8) is 0 Å². The minimum atomic E-state index is -1.26. The maximum Gasteiger partial charge on any atom is 0.407 e. The minimum Gasteiger partial charge on any atom is -0.450 e. The lowest BCUT2D eigenvalue weighted by Gasteiger charge is -2.30. The van der Waals surface area contributed by atoms with Crippen LogP contribution < -0.4 is 10.6 Å². The zero-order valence-electron chi connectivity index (χ0n) is 31.1. The van der Waals surface area contributed by atoms with Crippen molar-refractivity contribution < 1.29 is 35.1 Å². The Kier molecular flexibility index (Phi) is 28.9. The molecule has 7 N–H and O–H groups in total. The van der Waals surface area contributed by atoms with Crippen molar-refractivity contribution in [2.45, 2.75) is 230 Å². The maximum atomic E-state index is 12.5. The number of carbonyl (C=O) groups excluding carboxylic acids is 1. The fourth-order valence-corrected chi connectivity index (χ4v) is 6.82. The molecule has 0 aliphatic heterocycles. The summed E-state index contributed by atoms with van der Waals surface area (Å²) in [6.45, 7) is 4.53. The van der Waals surface area contributed by atoms with Crippen LogP contribution >= 0.6 is 0 Å². The van der Waals surface area contributed by atoms with Crippen LogP contribution in [0.5, 0.6) is 0 Å². The number of ether oxygens (including phenoxy) is 1. The predicted octanol–water partition coefficient (Wildman–Crippen LogP) is 7.43. The molecule has 0 heterocycles. The van der Waals surface area contributed by atoms with Crippen LogP contribution in [0.3, 0.4) is 0 Å². The van der Waals surface area contributed by atoms with Crippen LogP contribution in [0.1, 0.15) is 187 Å². The highest BCUT2D eigenvalue weighted by molar-refractivity contribution is 5.67. The molecular formula is C39H78N2O7. The Bertz CT molecular complexity index is 730. The molecule has 0 saturated heterocycles. The third-order valence-corrected chi connectivity index (χ3v) is 10.3. The Balaban J connectivity index is 2.06. The van der Waals surface area contributed by atoms with Gasteiger partial charge in [-0.1, -0.05) is 149 Å². The maximum absolute atomic E-state index is 12.5. The summed E-state index contributed by atoms with van der Waals surface area (Å²) < 4.78 is 5.39. The van der Waals surface area contributed by atoms with Gasteiger partial charge >= 0.3 is 6.09 Å². The van der Waals surface area contributed by atoms with E-state index in [9.17, 15) is 30.3 Å². The van der Waals surface area contributed by atoms with E-state index in [0.29, 0.717) is 32.3 Å². The number of unbranched alkanes of at least 4 members (excludes halogenated alkanes) is 21. The summed E-state index contributed by atoms with van der Waals surface area (Å²) in [5.41, 5.74) is 0.